The molecule has 132 valence electrons. The summed E-state index contributed by atoms with van der Waals surface area (Å²) in [6.45, 7) is 0. The molecule has 1 saturated carbocycles. The Morgan fingerprint density at radius 1 is 1.23 bits per heavy atom. The van der Waals surface area contributed by atoms with Gasteiger partial charge in [0.05, 0.1) is 22.1 Å². The van der Waals surface area contributed by atoms with E-state index in [1.54, 1.807) is 24.3 Å². The lowest BCUT2D eigenvalue weighted by atomic mass is 9.91. The highest BCUT2D eigenvalue weighted by Gasteiger charge is 2.29. The molecule has 4 rings (SSSR count). The van der Waals surface area contributed by atoms with Gasteiger partial charge in [-0.05, 0) is 37.0 Å². The van der Waals surface area contributed by atoms with Crippen molar-refractivity contribution in [2.45, 2.75) is 31.7 Å². The number of H-pyrrole nitrogens is 1. The standard InChI is InChI=1S/C20H18ClFN4/c21-15-9-4-8-14(17(15)22)18(12-5-1-2-6-12)25-20-24-16-10-3-7-13(11-23)19(16)26-20/h3-4,7-10,12,18H,1-2,5-6H2,(H2,24,25,26). The molecule has 6 heteroatoms. The van der Waals surface area contributed by atoms with Crippen LogP contribution in [0.3, 0.4) is 0 Å². The van der Waals surface area contributed by atoms with Crippen LogP contribution in [0.2, 0.25) is 5.02 Å². The van der Waals surface area contributed by atoms with Crippen molar-refractivity contribution in [2.75, 3.05) is 5.32 Å². The zero-order valence-corrected chi connectivity index (χ0v) is 14.9. The number of aromatic amines is 1. The molecule has 1 unspecified atom stereocenters. The van der Waals surface area contributed by atoms with E-state index < -0.39 is 0 Å². The molecule has 0 saturated heterocycles. The molecular weight excluding hydrogens is 351 g/mol. The molecule has 1 fully saturated rings. The van der Waals surface area contributed by atoms with Gasteiger partial charge in [-0.15, -0.1) is 0 Å². The molecule has 0 spiro atoms. The third-order valence-electron chi connectivity index (χ3n) is 5.11. The van der Waals surface area contributed by atoms with Crippen LogP contribution < -0.4 is 5.32 Å². The van der Waals surface area contributed by atoms with E-state index in [-0.39, 0.29) is 16.9 Å². The van der Waals surface area contributed by atoms with Gasteiger partial charge >= 0.3 is 0 Å². The molecule has 2 aromatic carbocycles. The Morgan fingerprint density at radius 3 is 2.77 bits per heavy atom. The van der Waals surface area contributed by atoms with E-state index in [0.29, 0.717) is 28.5 Å². The number of nitrogens with one attached hydrogen (secondary N) is 2. The van der Waals surface area contributed by atoms with Gasteiger partial charge in [0.1, 0.15) is 17.4 Å². The first-order valence-corrected chi connectivity index (χ1v) is 9.14. The van der Waals surface area contributed by atoms with Crippen molar-refractivity contribution in [3.8, 4) is 6.07 Å². The molecule has 0 aliphatic heterocycles. The van der Waals surface area contributed by atoms with Crippen LogP contribution in [0, 0.1) is 23.1 Å². The van der Waals surface area contributed by atoms with Crippen LogP contribution in [0.1, 0.15) is 42.9 Å². The number of fused-ring (bicyclic) bond motifs is 1. The Bertz CT molecular complexity index is 985. The number of hydrogen-bond acceptors (Lipinski definition) is 3. The van der Waals surface area contributed by atoms with Crippen LogP contribution in [0.5, 0.6) is 0 Å². The average Bonchev–Trinajstić information content (AvgIpc) is 3.31. The number of halogens is 2. The fourth-order valence-electron chi connectivity index (χ4n) is 3.84. The molecule has 1 aromatic heterocycles. The summed E-state index contributed by atoms with van der Waals surface area (Å²) in [6, 6.07) is 12.5. The number of imidazole rings is 1. The molecule has 1 aliphatic rings. The van der Waals surface area contributed by atoms with Crippen LogP contribution >= 0.6 is 11.6 Å². The third-order valence-corrected chi connectivity index (χ3v) is 5.41. The Morgan fingerprint density at radius 2 is 2.00 bits per heavy atom. The van der Waals surface area contributed by atoms with Gasteiger partial charge < -0.3 is 10.3 Å². The van der Waals surface area contributed by atoms with Crippen LogP contribution in [0.4, 0.5) is 10.3 Å². The smallest absolute Gasteiger partial charge is 0.201 e. The van der Waals surface area contributed by atoms with Crippen LogP contribution in [0.25, 0.3) is 11.0 Å². The molecular formula is C20H18ClFN4. The predicted octanol–water partition coefficient (Wildman–Crippen LogP) is 5.57. The first kappa shape index (κ1) is 16.9. The minimum Gasteiger partial charge on any atom is -0.349 e. The maximum absolute atomic E-state index is 14.7. The molecule has 0 bridgehead atoms. The monoisotopic (exact) mass is 368 g/mol. The number of nitriles is 1. The number of aromatic nitrogens is 2. The molecule has 2 N–H and O–H groups in total. The molecule has 0 amide bonds. The second-order valence-corrected chi connectivity index (χ2v) is 7.12. The third kappa shape index (κ3) is 3.02. The van der Waals surface area contributed by atoms with Gasteiger partial charge in [0.25, 0.3) is 0 Å². The Balaban J connectivity index is 1.73. The zero-order valence-electron chi connectivity index (χ0n) is 14.1. The highest BCUT2D eigenvalue weighted by molar-refractivity contribution is 6.30. The first-order valence-electron chi connectivity index (χ1n) is 8.76. The van der Waals surface area contributed by atoms with E-state index in [1.165, 1.54) is 0 Å². The van der Waals surface area contributed by atoms with Gasteiger partial charge in [-0.2, -0.15) is 5.26 Å². The number of rotatable bonds is 4. The van der Waals surface area contributed by atoms with Crippen molar-refractivity contribution in [3.63, 3.8) is 0 Å². The van der Waals surface area contributed by atoms with Gasteiger partial charge in [-0.3, -0.25) is 0 Å². The fourth-order valence-corrected chi connectivity index (χ4v) is 4.02. The van der Waals surface area contributed by atoms with Gasteiger partial charge in [0, 0.05) is 5.56 Å². The minimum absolute atomic E-state index is 0.128. The van der Waals surface area contributed by atoms with Crippen molar-refractivity contribution in [1.82, 2.24) is 9.97 Å². The molecule has 4 nitrogen and oxygen atoms in total. The second-order valence-electron chi connectivity index (χ2n) is 6.71. The molecule has 26 heavy (non-hydrogen) atoms. The van der Waals surface area contributed by atoms with Gasteiger partial charge in [-0.25, -0.2) is 9.37 Å². The lowest BCUT2D eigenvalue weighted by Crippen LogP contribution is -2.21. The average molecular weight is 369 g/mol. The van der Waals surface area contributed by atoms with Gasteiger partial charge in [-0.1, -0.05) is 42.6 Å². The second kappa shape index (κ2) is 6.97. The predicted molar refractivity (Wildman–Crippen MR) is 101 cm³/mol. The quantitative estimate of drug-likeness (QED) is 0.632. The van der Waals surface area contributed by atoms with E-state index in [0.717, 1.165) is 31.2 Å². The summed E-state index contributed by atoms with van der Waals surface area (Å²) >= 11 is 6.01. The van der Waals surface area contributed by atoms with Crippen LogP contribution in [-0.2, 0) is 0 Å². The molecule has 0 radical (unpaired) electrons. The fraction of sp³-hybridized carbons (Fsp3) is 0.300. The summed E-state index contributed by atoms with van der Waals surface area (Å²) in [6.07, 6.45) is 4.36. The first-order chi connectivity index (χ1) is 12.7. The van der Waals surface area contributed by atoms with E-state index in [2.05, 4.69) is 21.4 Å². The number of hydrogen-bond donors (Lipinski definition) is 2. The van der Waals surface area contributed by atoms with Crippen molar-refractivity contribution < 1.29 is 4.39 Å². The summed E-state index contributed by atoms with van der Waals surface area (Å²) in [5.41, 5.74) is 2.47. The lowest BCUT2D eigenvalue weighted by molar-refractivity contribution is 0.451. The van der Waals surface area contributed by atoms with Gasteiger partial charge in [0.15, 0.2) is 0 Å². The highest BCUT2D eigenvalue weighted by Crippen LogP contribution is 2.39. The van der Waals surface area contributed by atoms with Gasteiger partial charge in [0.2, 0.25) is 5.95 Å². The van der Waals surface area contributed by atoms with E-state index >= 15 is 0 Å². The summed E-state index contributed by atoms with van der Waals surface area (Å²) in [4.78, 5) is 7.73. The van der Waals surface area contributed by atoms with Crippen molar-refractivity contribution in [1.29, 1.82) is 5.26 Å². The van der Waals surface area contributed by atoms with E-state index in [9.17, 15) is 9.65 Å². The summed E-state index contributed by atoms with van der Waals surface area (Å²) in [7, 11) is 0. The zero-order chi connectivity index (χ0) is 18.1. The van der Waals surface area contributed by atoms with Crippen molar-refractivity contribution in [3.05, 3.63) is 58.4 Å². The molecule has 3 aromatic rings. The Hall–Kier alpha value is -2.58. The molecule has 1 aliphatic carbocycles. The highest BCUT2D eigenvalue weighted by atomic mass is 35.5. The minimum atomic E-state index is -0.382. The SMILES string of the molecule is N#Cc1cccc2[nH]c(NC(c3cccc(Cl)c3F)C3CCCC3)nc12. The van der Waals surface area contributed by atoms with Crippen molar-refractivity contribution >= 4 is 28.6 Å². The van der Waals surface area contributed by atoms with E-state index in [1.807, 2.05) is 12.1 Å². The maximum Gasteiger partial charge on any atom is 0.201 e. The maximum atomic E-state index is 14.7. The molecule has 1 atom stereocenters. The molecule has 1 heterocycles. The van der Waals surface area contributed by atoms with E-state index in [4.69, 9.17) is 11.6 Å². The number of anilines is 1. The number of benzene rings is 2. The van der Waals surface area contributed by atoms with Crippen molar-refractivity contribution in [2.24, 2.45) is 5.92 Å². The largest absolute Gasteiger partial charge is 0.349 e. The van der Waals surface area contributed by atoms with Crippen LogP contribution in [0.15, 0.2) is 36.4 Å². The topological polar surface area (TPSA) is 64.5 Å². The summed E-state index contributed by atoms with van der Waals surface area (Å²) in [5.74, 6) is 0.470. The summed E-state index contributed by atoms with van der Waals surface area (Å²) < 4.78 is 14.7. The number of nitrogens with zero attached hydrogens (tertiary/aromatic N) is 2. The normalized spacial score (nSPS) is 15.9. The Kier molecular flexibility index (Phi) is 4.52. The lowest BCUT2D eigenvalue weighted by Gasteiger charge is -2.25. The Labute approximate surface area is 156 Å². The summed E-state index contributed by atoms with van der Waals surface area (Å²) in [5, 5.41) is 12.8. The van der Waals surface area contributed by atoms with Crippen LogP contribution in [-0.4, -0.2) is 9.97 Å². The number of para-hydroxylation sites is 1.